The fraction of sp³-hybridized carbons (Fsp3) is 0.879. The van der Waals surface area contributed by atoms with E-state index in [4.69, 9.17) is 14.2 Å². The second kappa shape index (κ2) is 10.4. The maximum absolute atomic E-state index is 10.5. The van der Waals surface area contributed by atoms with Gasteiger partial charge in [0.1, 0.15) is 24.4 Å². The first-order chi connectivity index (χ1) is 19.6. The fourth-order valence-corrected chi connectivity index (χ4v) is 10.6. The Bertz CT molecular complexity index is 1090. The number of fused-ring (bicyclic) bond motifs is 6. The van der Waals surface area contributed by atoms with Gasteiger partial charge in [-0.05, 0) is 99.5 Å². The molecule has 4 aliphatic carbocycles. The van der Waals surface area contributed by atoms with Crippen LogP contribution < -0.4 is 5.32 Å². The van der Waals surface area contributed by atoms with Gasteiger partial charge in [-0.25, -0.2) is 0 Å². The lowest BCUT2D eigenvalue weighted by molar-refractivity contribution is -0.313. The van der Waals surface area contributed by atoms with Gasteiger partial charge in [0.05, 0.1) is 24.4 Å². The highest BCUT2D eigenvalue weighted by Gasteiger charge is 2.60. The summed E-state index contributed by atoms with van der Waals surface area (Å²) in [7, 11) is 0. The van der Waals surface area contributed by atoms with Gasteiger partial charge >= 0.3 is 0 Å². The molecule has 41 heavy (non-hydrogen) atoms. The number of aliphatic hydroxyl groups is 4. The zero-order valence-corrected chi connectivity index (χ0v) is 25.2. The Kier molecular flexibility index (Phi) is 7.31. The summed E-state index contributed by atoms with van der Waals surface area (Å²) in [5.74, 6) is 3.13. The van der Waals surface area contributed by atoms with Crippen molar-refractivity contribution in [3.63, 3.8) is 0 Å². The van der Waals surface area contributed by atoms with E-state index in [2.05, 4.69) is 39.1 Å². The lowest BCUT2D eigenvalue weighted by atomic mass is 9.56. The first-order valence-electron chi connectivity index (χ1n) is 16.3. The van der Waals surface area contributed by atoms with Crippen LogP contribution in [0, 0.1) is 35.0 Å². The van der Waals surface area contributed by atoms with Gasteiger partial charge < -0.3 is 40.0 Å². The molecule has 1 spiro atoms. The number of aliphatic hydroxyl groups excluding tert-OH is 4. The molecule has 3 saturated heterocycles. The second-order valence-electron chi connectivity index (χ2n) is 15.0. The predicted octanol–water partition coefficient (Wildman–Crippen LogP) is 2.83. The lowest BCUT2D eigenvalue weighted by Crippen LogP contribution is -2.59. The molecule has 0 amide bonds. The first-order valence-corrected chi connectivity index (χ1v) is 16.3. The van der Waals surface area contributed by atoms with Crippen molar-refractivity contribution in [3.8, 4) is 0 Å². The Morgan fingerprint density at radius 1 is 1.07 bits per heavy atom. The van der Waals surface area contributed by atoms with Crippen LogP contribution in [0.2, 0.25) is 0 Å². The summed E-state index contributed by atoms with van der Waals surface area (Å²) < 4.78 is 19.0. The van der Waals surface area contributed by atoms with Gasteiger partial charge in [-0.1, -0.05) is 38.0 Å². The smallest absolute Gasteiger partial charge is 0.186 e. The summed E-state index contributed by atoms with van der Waals surface area (Å²) in [4.78, 5) is 0. The van der Waals surface area contributed by atoms with Crippen LogP contribution >= 0.6 is 0 Å². The van der Waals surface area contributed by atoms with Crippen molar-refractivity contribution in [2.75, 3.05) is 13.2 Å². The quantitative estimate of drug-likeness (QED) is 0.327. The summed E-state index contributed by atoms with van der Waals surface area (Å²) in [6.07, 6.45) is 5.01. The van der Waals surface area contributed by atoms with Gasteiger partial charge in [-0.15, -0.1) is 0 Å². The third-order valence-corrected chi connectivity index (χ3v) is 13.0. The SMILES string of the molecule is CC1=C2CC3C(CC=C4CC(OC5OC(CO)C(O)C(O)C5O)CCC43C)C2CCC12OC1CC(C)CNC1C2C. The molecule has 0 bridgehead atoms. The fourth-order valence-electron chi connectivity index (χ4n) is 10.6. The molecule has 3 heterocycles. The molecule has 15 unspecified atom stereocenters. The predicted molar refractivity (Wildman–Crippen MR) is 153 cm³/mol. The molecule has 0 aromatic carbocycles. The minimum Gasteiger partial charge on any atom is -0.394 e. The van der Waals surface area contributed by atoms with Gasteiger partial charge in [0.2, 0.25) is 0 Å². The normalized spacial score (nSPS) is 54.8. The van der Waals surface area contributed by atoms with E-state index in [0.717, 1.165) is 38.6 Å². The minimum absolute atomic E-state index is 0.111. The maximum atomic E-state index is 10.5. The molecule has 0 aromatic heterocycles. The molecule has 8 heteroatoms. The largest absolute Gasteiger partial charge is 0.394 e. The first kappa shape index (κ1) is 28.9. The molecule has 7 rings (SSSR count). The molecule has 5 N–H and O–H groups in total. The van der Waals surface area contributed by atoms with Crippen molar-refractivity contribution in [2.24, 2.45) is 35.0 Å². The molecule has 5 fully saturated rings. The second-order valence-corrected chi connectivity index (χ2v) is 15.0. The number of hydrogen-bond donors (Lipinski definition) is 5. The lowest BCUT2D eigenvalue weighted by Gasteiger charge is -2.50. The Morgan fingerprint density at radius 3 is 2.66 bits per heavy atom. The Hall–Kier alpha value is -0.840. The summed E-state index contributed by atoms with van der Waals surface area (Å²) in [6.45, 7) is 10.3. The van der Waals surface area contributed by atoms with Crippen LogP contribution in [-0.4, -0.2) is 88.1 Å². The van der Waals surface area contributed by atoms with Gasteiger partial charge in [-0.2, -0.15) is 0 Å². The van der Waals surface area contributed by atoms with E-state index in [0.29, 0.717) is 41.7 Å². The van der Waals surface area contributed by atoms with E-state index in [1.54, 1.807) is 11.1 Å². The summed E-state index contributed by atoms with van der Waals surface area (Å²) in [5.41, 5.74) is 4.72. The number of rotatable bonds is 3. The van der Waals surface area contributed by atoms with Crippen molar-refractivity contribution in [1.82, 2.24) is 5.32 Å². The topological polar surface area (TPSA) is 121 Å². The van der Waals surface area contributed by atoms with Gasteiger partial charge in [0.15, 0.2) is 6.29 Å². The monoisotopic (exact) mass is 573 g/mol. The third kappa shape index (κ3) is 4.30. The van der Waals surface area contributed by atoms with Crippen LogP contribution in [0.1, 0.15) is 79.1 Å². The van der Waals surface area contributed by atoms with Crippen molar-refractivity contribution in [1.29, 1.82) is 0 Å². The van der Waals surface area contributed by atoms with Crippen molar-refractivity contribution in [2.45, 2.75) is 134 Å². The summed E-state index contributed by atoms with van der Waals surface area (Å²) in [5, 5.41) is 44.3. The number of allylic oxidation sites excluding steroid dienone is 2. The molecule has 7 aliphatic rings. The van der Waals surface area contributed by atoms with E-state index in [1.165, 1.54) is 24.8 Å². The van der Waals surface area contributed by atoms with Crippen LogP contribution in [-0.2, 0) is 14.2 Å². The van der Waals surface area contributed by atoms with Gasteiger partial charge in [0, 0.05) is 12.0 Å². The number of nitrogens with one attached hydrogen (secondary N) is 1. The molecule has 8 nitrogen and oxygen atoms in total. The Labute approximate surface area is 244 Å². The van der Waals surface area contributed by atoms with Crippen LogP contribution in [0.4, 0.5) is 0 Å². The molecule has 0 aromatic rings. The van der Waals surface area contributed by atoms with Crippen molar-refractivity contribution < 1.29 is 34.6 Å². The van der Waals surface area contributed by atoms with Gasteiger partial charge in [-0.3, -0.25) is 0 Å². The van der Waals surface area contributed by atoms with Crippen LogP contribution in [0.3, 0.4) is 0 Å². The van der Waals surface area contributed by atoms with Crippen molar-refractivity contribution >= 4 is 0 Å². The number of piperidine rings is 1. The highest BCUT2D eigenvalue weighted by atomic mass is 16.7. The van der Waals surface area contributed by atoms with E-state index >= 15 is 0 Å². The van der Waals surface area contributed by atoms with E-state index in [1.807, 2.05) is 0 Å². The average molecular weight is 574 g/mol. The van der Waals surface area contributed by atoms with E-state index < -0.39 is 37.3 Å². The van der Waals surface area contributed by atoms with Crippen LogP contribution in [0.5, 0.6) is 0 Å². The number of ether oxygens (including phenoxy) is 3. The molecule has 230 valence electrons. The standard InChI is InChI=1S/C33H51NO7/c1-16-11-25-27(34-14-16)18(3)33(41-25)10-8-21-22-6-5-19-12-20(7-9-32(19,4)24(22)13-23(21)17(33)2)39-31-30(38)29(37)28(36)26(15-35)40-31/h5,16,18,20-22,24-31,34-38H,6-15H2,1-4H3. The minimum atomic E-state index is -1.41. The van der Waals surface area contributed by atoms with Crippen LogP contribution in [0.25, 0.3) is 0 Å². The summed E-state index contributed by atoms with van der Waals surface area (Å²) in [6, 6.07) is 0.465. The Morgan fingerprint density at radius 2 is 1.88 bits per heavy atom. The van der Waals surface area contributed by atoms with Gasteiger partial charge in [0.25, 0.3) is 0 Å². The molecular formula is C33H51NO7. The summed E-state index contributed by atoms with van der Waals surface area (Å²) >= 11 is 0. The Balaban J connectivity index is 1.08. The van der Waals surface area contributed by atoms with Crippen molar-refractivity contribution in [3.05, 3.63) is 22.8 Å². The maximum Gasteiger partial charge on any atom is 0.186 e. The zero-order chi connectivity index (χ0) is 28.8. The number of hydrogen-bond acceptors (Lipinski definition) is 8. The highest BCUT2D eigenvalue weighted by molar-refractivity contribution is 5.38. The molecule has 15 atom stereocenters. The molecule has 2 saturated carbocycles. The van der Waals surface area contributed by atoms with E-state index in [-0.39, 0.29) is 17.1 Å². The molecule has 0 radical (unpaired) electrons. The zero-order valence-electron chi connectivity index (χ0n) is 25.2. The molecular weight excluding hydrogens is 522 g/mol. The van der Waals surface area contributed by atoms with E-state index in [9.17, 15) is 20.4 Å². The average Bonchev–Trinajstić information content (AvgIpc) is 3.48. The highest BCUT2D eigenvalue weighted by Crippen LogP contribution is 2.65. The third-order valence-electron chi connectivity index (χ3n) is 13.0. The van der Waals surface area contributed by atoms with Crippen LogP contribution in [0.15, 0.2) is 22.8 Å². The molecule has 3 aliphatic heterocycles.